The number of nitrogens with zero attached hydrogens (tertiary/aromatic N) is 2. The molecule has 1 heterocycles. The number of fused-ring (bicyclic) bond motifs is 1. The molecule has 5 heteroatoms. The maximum absolute atomic E-state index is 12.1. The standard InChI is InChI=1S/C12H11ClN2O2/c1-7-3-4-10-9(5-7)11(17)15(6-8(2)16)12(13)14-10/h3-5H,6H2,1-2H3. The molecule has 0 fully saturated rings. The van der Waals surface area contributed by atoms with E-state index in [0.717, 1.165) is 5.56 Å². The van der Waals surface area contributed by atoms with Crippen LogP contribution in [0, 0.1) is 6.92 Å². The van der Waals surface area contributed by atoms with Crippen molar-refractivity contribution in [3.63, 3.8) is 0 Å². The number of carbonyl (C=O) groups excluding carboxylic acids is 1. The van der Waals surface area contributed by atoms with Crippen LogP contribution in [0.2, 0.25) is 5.28 Å². The van der Waals surface area contributed by atoms with E-state index in [0.29, 0.717) is 10.9 Å². The summed E-state index contributed by atoms with van der Waals surface area (Å²) >= 11 is 5.89. The summed E-state index contributed by atoms with van der Waals surface area (Å²) in [5.41, 5.74) is 1.23. The van der Waals surface area contributed by atoms with E-state index in [1.807, 2.05) is 13.0 Å². The number of ketones is 1. The van der Waals surface area contributed by atoms with Crippen LogP contribution in [0.3, 0.4) is 0 Å². The largest absolute Gasteiger partial charge is 0.298 e. The predicted octanol–water partition coefficient (Wildman–Crippen LogP) is 1.95. The van der Waals surface area contributed by atoms with Gasteiger partial charge in [0.05, 0.1) is 17.4 Å². The summed E-state index contributed by atoms with van der Waals surface area (Å²) in [7, 11) is 0. The van der Waals surface area contributed by atoms with Crippen molar-refractivity contribution < 1.29 is 4.79 Å². The van der Waals surface area contributed by atoms with Crippen molar-refractivity contribution in [1.29, 1.82) is 0 Å². The number of rotatable bonds is 2. The van der Waals surface area contributed by atoms with Crippen LogP contribution >= 0.6 is 11.6 Å². The van der Waals surface area contributed by atoms with Crippen molar-refractivity contribution in [1.82, 2.24) is 9.55 Å². The van der Waals surface area contributed by atoms with E-state index in [9.17, 15) is 9.59 Å². The second kappa shape index (κ2) is 4.30. The Bertz CT molecular complexity index is 661. The van der Waals surface area contributed by atoms with Gasteiger partial charge in [0.1, 0.15) is 5.78 Å². The van der Waals surface area contributed by atoms with Crippen LogP contribution in [0.4, 0.5) is 0 Å². The second-order valence-corrected chi connectivity index (χ2v) is 4.33. The van der Waals surface area contributed by atoms with E-state index in [-0.39, 0.29) is 23.2 Å². The molecule has 0 aliphatic rings. The fourth-order valence-electron chi connectivity index (χ4n) is 1.67. The number of carbonyl (C=O) groups is 1. The zero-order valence-corrected chi connectivity index (χ0v) is 10.3. The Kier molecular flexibility index (Phi) is 2.98. The van der Waals surface area contributed by atoms with Gasteiger partial charge in [-0.25, -0.2) is 4.98 Å². The minimum Gasteiger partial charge on any atom is -0.298 e. The van der Waals surface area contributed by atoms with Crippen molar-refractivity contribution in [2.75, 3.05) is 0 Å². The maximum atomic E-state index is 12.1. The number of aryl methyl sites for hydroxylation is 1. The fraction of sp³-hybridized carbons (Fsp3) is 0.250. The molecular weight excluding hydrogens is 240 g/mol. The van der Waals surface area contributed by atoms with Gasteiger partial charge in [0.15, 0.2) is 0 Å². The molecule has 0 saturated carbocycles. The van der Waals surface area contributed by atoms with Crippen LogP contribution in [0.1, 0.15) is 12.5 Å². The lowest BCUT2D eigenvalue weighted by Gasteiger charge is -2.07. The van der Waals surface area contributed by atoms with Gasteiger partial charge in [-0.05, 0) is 37.6 Å². The molecule has 2 rings (SSSR count). The van der Waals surface area contributed by atoms with E-state index in [1.54, 1.807) is 12.1 Å². The topological polar surface area (TPSA) is 52.0 Å². The zero-order chi connectivity index (χ0) is 12.6. The van der Waals surface area contributed by atoms with E-state index in [4.69, 9.17) is 11.6 Å². The molecule has 0 aliphatic heterocycles. The Morgan fingerprint density at radius 2 is 2.18 bits per heavy atom. The number of aromatic nitrogens is 2. The van der Waals surface area contributed by atoms with Crippen LogP contribution < -0.4 is 5.56 Å². The van der Waals surface area contributed by atoms with E-state index < -0.39 is 0 Å². The molecule has 1 aromatic carbocycles. The van der Waals surface area contributed by atoms with E-state index in [2.05, 4.69) is 4.98 Å². The molecule has 88 valence electrons. The average Bonchev–Trinajstić information content (AvgIpc) is 2.25. The highest BCUT2D eigenvalue weighted by Gasteiger charge is 2.10. The molecule has 1 aromatic heterocycles. The summed E-state index contributed by atoms with van der Waals surface area (Å²) in [6, 6.07) is 5.36. The Labute approximate surface area is 103 Å². The average molecular weight is 251 g/mol. The summed E-state index contributed by atoms with van der Waals surface area (Å²) in [6.07, 6.45) is 0. The van der Waals surface area contributed by atoms with Crippen molar-refractivity contribution in [2.45, 2.75) is 20.4 Å². The normalized spacial score (nSPS) is 10.8. The highest BCUT2D eigenvalue weighted by Crippen LogP contribution is 2.13. The van der Waals surface area contributed by atoms with Crippen molar-refractivity contribution >= 4 is 28.3 Å². The lowest BCUT2D eigenvalue weighted by molar-refractivity contribution is -0.117. The number of hydrogen-bond acceptors (Lipinski definition) is 3. The molecular formula is C12H11ClN2O2. The molecule has 0 N–H and O–H groups in total. The highest BCUT2D eigenvalue weighted by molar-refractivity contribution is 6.28. The van der Waals surface area contributed by atoms with Gasteiger partial charge in [-0.15, -0.1) is 0 Å². The van der Waals surface area contributed by atoms with E-state index in [1.165, 1.54) is 11.5 Å². The van der Waals surface area contributed by atoms with E-state index >= 15 is 0 Å². The predicted molar refractivity (Wildman–Crippen MR) is 66.4 cm³/mol. The molecule has 0 unspecified atom stereocenters. The lowest BCUT2D eigenvalue weighted by atomic mass is 10.2. The molecule has 17 heavy (non-hydrogen) atoms. The van der Waals surface area contributed by atoms with Gasteiger partial charge < -0.3 is 0 Å². The summed E-state index contributed by atoms with van der Waals surface area (Å²) in [5.74, 6) is -0.136. The molecule has 0 saturated heterocycles. The Balaban J connectivity index is 2.78. The minimum absolute atomic E-state index is 0.0431. The van der Waals surface area contributed by atoms with Gasteiger partial charge in [-0.2, -0.15) is 0 Å². The molecule has 4 nitrogen and oxygen atoms in total. The quantitative estimate of drug-likeness (QED) is 0.766. The van der Waals surface area contributed by atoms with Crippen LogP contribution in [-0.2, 0) is 11.3 Å². The minimum atomic E-state index is -0.279. The van der Waals surface area contributed by atoms with Gasteiger partial charge >= 0.3 is 0 Å². The van der Waals surface area contributed by atoms with Gasteiger partial charge in [0.2, 0.25) is 5.28 Å². The van der Waals surface area contributed by atoms with Crippen molar-refractivity contribution in [3.8, 4) is 0 Å². The zero-order valence-electron chi connectivity index (χ0n) is 9.53. The number of hydrogen-bond donors (Lipinski definition) is 0. The smallest absolute Gasteiger partial charge is 0.262 e. The molecule has 0 atom stereocenters. The third-order valence-electron chi connectivity index (χ3n) is 2.44. The maximum Gasteiger partial charge on any atom is 0.262 e. The molecule has 2 aromatic rings. The molecule has 0 aliphatic carbocycles. The first-order chi connectivity index (χ1) is 7.99. The first kappa shape index (κ1) is 11.8. The summed E-state index contributed by atoms with van der Waals surface area (Å²) < 4.78 is 1.19. The van der Waals surface area contributed by atoms with Crippen molar-refractivity contribution in [2.24, 2.45) is 0 Å². The number of halogens is 1. The summed E-state index contributed by atoms with van der Waals surface area (Å²) in [4.78, 5) is 27.3. The van der Waals surface area contributed by atoms with Gasteiger partial charge in [-0.1, -0.05) is 11.6 Å². The second-order valence-electron chi connectivity index (χ2n) is 3.99. The first-order valence-corrected chi connectivity index (χ1v) is 5.53. The third-order valence-corrected chi connectivity index (χ3v) is 2.73. The van der Waals surface area contributed by atoms with Gasteiger partial charge in [0, 0.05) is 0 Å². The number of Topliss-reactive ketones (excluding diaryl/α,β-unsaturated/α-hetero) is 1. The molecule has 0 radical (unpaired) electrons. The van der Waals surface area contributed by atoms with Gasteiger partial charge in [0.25, 0.3) is 5.56 Å². The van der Waals surface area contributed by atoms with Crippen LogP contribution in [0.5, 0.6) is 0 Å². The summed E-state index contributed by atoms with van der Waals surface area (Å²) in [6.45, 7) is 3.25. The number of benzene rings is 1. The van der Waals surface area contributed by atoms with Crippen LogP contribution in [-0.4, -0.2) is 15.3 Å². The van der Waals surface area contributed by atoms with Crippen LogP contribution in [0.15, 0.2) is 23.0 Å². The lowest BCUT2D eigenvalue weighted by Crippen LogP contribution is -2.25. The molecule has 0 bridgehead atoms. The SMILES string of the molecule is CC(=O)Cn1c(Cl)nc2ccc(C)cc2c1=O. The fourth-order valence-corrected chi connectivity index (χ4v) is 1.89. The Hall–Kier alpha value is -1.68. The monoisotopic (exact) mass is 250 g/mol. The molecule has 0 amide bonds. The molecule has 0 spiro atoms. The van der Waals surface area contributed by atoms with Crippen LogP contribution in [0.25, 0.3) is 10.9 Å². The van der Waals surface area contributed by atoms with Gasteiger partial charge in [-0.3, -0.25) is 14.2 Å². The van der Waals surface area contributed by atoms with Crippen molar-refractivity contribution in [3.05, 3.63) is 39.4 Å². The first-order valence-electron chi connectivity index (χ1n) is 5.15. The third kappa shape index (κ3) is 2.22. The summed E-state index contributed by atoms with van der Waals surface area (Å²) in [5, 5.41) is 0.525. The Morgan fingerprint density at radius 3 is 2.82 bits per heavy atom. The highest BCUT2D eigenvalue weighted by atomic mass is 35.5. The Morgan fingerprint density at radius 1 is 1.47 bits per heavy atom.